The van der Waals surface area contributed by atoms with Crippen molar-refractivity contribution in [1.82, 2.24) is 0 Å². The van der Waals surface area contributed by atoms with E-state index in [9.17, 15) is 4.79 Å². The molecule has 0 spiro atoms. The minimum atomic E-state index is -0.382. The standard InChI is InChI=1S/C18H19N3O3/c1-4-23-16-11-15(21-19)17(24-5-2)10-14(16)20-18(22)13-8-6-12(3)7-9-13/h6-11H,4-5H2,1-3H3. The number of amides is 1. The second-order valence-corrected chi connectivity index (χ2v) is 5.04. The molecule has 0 fully saturated rings. The zero-order chi connectivity index (χ0) is 17.5. The zero-order valence-corrected chi connectivity index (χ0v) is 13.9. The van der Waals surface area contributed by atoms with Gasteiger partial charge < -0.3 is 15.0 Å². The first-order valence-corrected chi connectivity index (χ1v) is 7.70. The van der Waals surface area contributed by atoms with Gasteiger partial charge in [0.1, 0.15) is 5.71 Å². The Bertz CT molecular complexity index is 767. The molecule has 0 aliphatic heterocycles. The molecule has 1 aromatic rings. The average molecular weight is 325 g/mol. The van der Waals surface area contributed by atoms with E-state index in [1.54, 1.807) is 12.1 Å². The van der Waals surface area contributed by atoms with Crippen molar-refractivity contribution in [3.05, 3.63) is 64.6 Å². The number of rotatable bonds is 5. The van der Waals surface area contributed by atoms with Gasteiger partial charge in [0.2, 0.25) is 5.76 Å². The Morgan fingerprint density at radius 1 is 1.08 bits per heavy atom. The van der Waals surface area contributed by atoms with E-state index in [-0.39, 0.29) is 11.6 Å². The number of hydrogen-bond donors (Lipinski definition) is 0. The van der Waals surface area contributed by atoms with Gasteiger partial charge >= 0.3 is 5.71 Å². The molecule has 0 unspecified atom stereocenters. The van der Waals surface area contributed by atoms with Crippen molar-refractivity contribution in [2.24, 2.45) is 4.99 Å². The molecular formula is C18H19N3O3. The van der Waals surface area contributed by atoms with Gasteiger partial charge in [-0.2, -0.15) is 4.79 Å². The van der Waals surface area contributed by atoms with Crippen LogP contribution < -0.4 is 0 Å². The van der Waals surface area contributed by atoms with E-state index in [0.717, 1.165) is 5.56 Å². The average Bonchev–Trinajstić information content (AvgIpc) is 2.58. The van der Waals surface area contributed by atoms with E-state index < -0.39 is 0 Å². The van der Waals surface area contributed by atoms with Gasteiger partial charge in [0.05, 0.1) is 19.3 Å². The number of hydrogen-bond acceptors (Lipinski definition) is 3. The maximum Gasteiger partial charge on any atom is 0.360 e. The van der Waals surface area contributed by atoms with Crippen LogP contribution in [0.15, 0.2) is 52.9 Å². The SMILES string of the molecule is CCOC1=CC(=[N+]=[N-])C(OCC)=CC1=NC(=O)c1ccc(C)cc1. The van der Waals surface area contributed by atoms with Gasteiger partial charge in [-0.15, -0.1) is 0 Å². The smallest absolute Gasteiger partial charge is 0.360 e. The van der Waals surface area contributed by atoms with Gasteiger partial charge in [-0.1, -0.05) is 17.7 Å². The number of allylic oxidation sites excluding steroid dienone is 2. The van der Waals surface area contributed by atoms with Crippen molar-refractivity contribution < 1.29 is 19.1 Å². The lowest BCUT2D eigenvalue weighted by molar-refractivity contribution is -0.00791. The highest BCUT2D eigenvalue weighted by Gasteiger charge is 2.26. The molecule has 6 heteroatoms. The second-order valence-electron chi connectivity index (χ2n) is 5.04. The number of aryl methyl sites for hydroxylation is 1. The Morgan fingerprint density at radius 2 is 1.71 bits per heavy atom. The Labute approximate surface area is 140 Å². The van der Waals surface area contributed by atoms with Crippen molar-refractivity contribution in [3.63, 3.8) is 0 Å². The molecule has 0 atom stereocenters. The van der Waals surface area contributed by atoms with Crippen LogP contribution in [0.2, 0.25) is 0 Å². The summed E-state index contributed by atoms with van der Waals surface area (Å²) in [6.45, 7) is 6.36. The van der Waals surface area contributed by atoms with Crippen LogP contribution in [0, 0.1) is 6.92 Å². The summed E-state index contributed by atoms with van der Waals surface area (Å²) in [6, 6.07) is 7.15. The fraction of sp³-hybridized carbons (Fsp3) is 0.278. The van der Waals surface area contributed by atoms with Gasteiger partial charge in [0.25, 0.3) is 5.91 Å². The first-order valence-electron chi connectivity index (χ1n) is 7.70. The highest BCUT2D eigenvalue weighted by atomic mass is 16.5. The Balaban J connectivity index is 2.41. The summed E-state index contributed by atoms with van der Waals surface area (Å²) in [5.74, 6) is 0.306. The van der Waals surface area contributed by atoms with Crippen LogP contribution >= 0.6 is 0 Å². The molecule has 1 aliphatic carbocycles. The highest BCUT2D eigenvalue weighted by Crippen LogP contribution is 2.16. The van der Waals surface area contributed by atoms with Crippen LogP contribution in [0.4, 0.5) is 0 Å². The molecule has 124 valence electrons. The monoisotopic (exact) mass is 325 g/mol. The van der Waals surface area contributed by atoms with E-state index in [1.807, 2.05) is 32.9 Å². The lowest BCUT2D eigenvalue weighted by Gasteiger charge is -2.13. The molecular weight excluding hydrogens is 306 g/mol. The summed E-state index contributed by atoms with van der Waals surface area (Å²) in [5.41, 5.74) is 11.2. The van der Waals surface area contributed by atoms with E-state index in [1.165, 1.54) is 12.2 Å². The molecule has 24 heavy (non-hydrogen) atoms. The van der Waals surface area contributed by atoms with E-state index >= 15 is 0 Å². The Hall–Kier alpha value is -2.98. The third-order valence-electron chi connectivity index (χ3n) is 3.27. The molecule has 0 aromatic heterocycles. The Kier molecular flexibility index (Phi) is 5.82. The number of aliphatic imine (C=N–C) groups is 1. The fourth-order valence-corrected chi connectivity index (χ4v) is 2.12. The van der Waals surface area contributed by atoms with Crippen LogP contribution in [-0.2, 0) is 9.47 Å². The number of carbonyl (C=O) groups is 1. The predicted octanol–water partition coefficient (Wildman–Crippen LogP) is 3.10. The van der Waals surface area contributed by atoms with Gasteiger partial charge in [0.15, 0.2) is 5.76 Å². The van der Waals surface area contributed by atoms with Crippen molar-refractivity contribution in [2.45, 2.75) is 20.8 Å². The van der Waals surface area contributed by atoms with Gasteiger partial charge in [-0.05, 0) is 32.9 Å². The van der Waals surface area contributed by atoms with Crippen molar-refractivity contribution >= 4 is 17.3 Å². The summed E-state index contributed by atoms with van der Waals surface area (Å²) < 4.78 is 10.9. The van der Waals surface area contributed by atoms with Crippen LogP contribution in [-0.4, -0.2) is 35.3 Å². The van der Waals surface area contributed by atoms with Gasteiger partial charge in [-0.25, -0.2) is 4.99 Å². The van der Waals surface area contributed by atoms with Crippen LogP contribution in [0.1, 0.15) is 29.8 Å². The molecule has 0 bridgehead atoms. The van der Waals surface area contributed by atoms with Crippen molar-refractivity contribution in [2.75, 3.05) is 13.2 Å². The molecule has 0 N–H and O–H groups in total. The van der Waals surface area contributed by atoms with Gasteiger partial charge in [0, 0.05) is 11.6 Å². The molecule has 0 saturated carbocycles. The quantitative estimate of drug-likeness (QED) is 0.473. The highest BCUT2D eigenvalue weighted by molar-refractivity contribution is 6.23. The molecule has 1 amide bonds. The van der Waals surface area contributed by atoms with E-state index in [2.05, 4.69) is 9.78 Å². The number of ether oxygens (including phenoxy) is 2. The molecule has 0 heterocycles. The van der Waals surface area contributed by atoms with Crippen LogP contribution in [0.25, 0.3) is 5.53 Å². The number of nitrogens with zero attached hydrogens (tertiary/aromatic N) is 3. The normalized spacial score (nSPS) is 15.5. The third-order valence-corrected chi connectivity index (χ3v) is 3.27. The minimum Gasteiger partial charge on any atom is -0.491 e. The summed E-state index contributed by atoms with van der Waals surface area (Å²) in [4.78, 5) is 19.7. The van der Waals surface area contributed by atoms with Gasteiger partial charge in [-0.3, -0.25) is 4.79 Å². The lowest BCUT2D eigenvalue weighted by atomic mass is 10.1. The summed E-state index contributed by atoms with van der Waals surface area (Å²) in [7, 11) is 0. The van der Waals surface area contributed by atoms with Crippen molar-refractivity contribution in [1.29, 1.82) is 0 Å². The molecule has 6 nitrogen and oxygen atoms in total. The third kappa shape index (κ3) is 4.06. The summed E-state index contributed by atoms with van der Waals surface area (Å²) in [5, 5.41) is 0. The van der Waals surface area contributed by atoms with E-state index in [0.29, 0.717) is 36.0 Å². The maximum atomic E-state index is 12.4. The van der Waals surface area contributed by atoms with Crippen molar-refractivity contribution in [3.8, 4) is 0 Å². The molecule has 1 aliphatic rings. The fourth-order valence-electron chi connectivity index (χ4n) is 2.12. The topological polar surface area (TPSA) is 84.3 Å². The van der Waals surface area contributed by atoms with Crippen LogP contribution in [0.5, 0.6) is 0 Å². The Morgan fingerprint density at radius 3 is 2.29 bits per heavy atom. The number of carbonyl (C=O) groups excluding carboxylic acids is 1. The molecule has 1 aromatic carbocycles. The van der Waals surface area contributed by atoms with E-state index in [4.69, 9.17) is 15.0 Å². The minimum absolute atomic E-state index is 0.224. The summed E-state index contributed by atoms with van der Waals surface area (Å²) in [6.07, 6.45) is 3.03. The zero-order valence-electron chi connectivity index (χ0n) is 13.9. The largest absolute Gasteiger partial charge is 0.491 e. The maximum absolute atomic E-state index is 12.4. The van der Waals surface area contributed by atoms with Crippen LogP contribution in [0.3, 0.4) is 0 Å². The lowest BCUT2D eigenvalue weighted by Crippen LogP contribution is -2.19. The molecule has 2 rings (SSSR count). The predicted molar refractivity (Wildman–Crippen MR) is 91.0 cm³/mol. The first kappa shape index (κ1) is 17.4. The summed E-state index contributed by atoms with van der Waals surface area (Å²) >= 11 is 0. The second kappa shape index (κ2) is 8.04. The first-order chi connectivity index (χ1) is 11.6. The number of benzene rings is 1. The molecule has 0 saturated heterocycles. The molecule has 0 radical (unpaired) electrons.